The quantitative estimate of drug-likeness (QED) is 0.812. The second-order valence-electron chi connectivity index (χ2n) is 5.44. The van der Waals surface area contributed by atoms with Crippen LogP contribution in [0.2, 0.25) is 0 Å². The van der Waals surface area contributed by atoms with Crippen molar-refractivity contribution in [2.24, 2.45) is 0 Å². The van der Waals surface area contributed by atoms with E-state index in [0.717, 1.165) is 23.3 Å². The third kappa shape index (κ3) is 2.11. The lowest BCUT2D eigenvalue weighted by atomic mass is 9.96. The zero-order valence-electron chi connectivity index (χ0n) is 10.6. The van der Waals surface area contributed by atoms with E-state index in [1.807, 2.05) is 0 Å². The number of aryl methyl sites for hydroxylation is 1. The first-order valence-corrected chi connectivity index (χ1v) is 6.00. The van der Waals surface area contributed by atoms with Crippen molar-refractivity contribution < 1.29 is 0 Å². The van der Waals surface area contributed by atoms with Crippen molar-refractivity contribution in [2.45, 2.75) is 46.0 Å². The number of rotatable bonds is 2. The molecule has 1 aromatic carbocycles. The molecule has 0 aliphatic carbocycles. The molecule has 0 aliphatic heterocycles. The molecule has 0 spiro atoms. The standard InChI is InChI=1S/C14H20N2/c1-5-6-10-7-8-11-12(9-10)16-13(15-11)14(2,3)4/h7-9H,5-6H2,1-4H3,(H,15,16). The Bertz CT molecular complexity index is 489. The van der Waals surface area contributed by atoms with Crippen LogP contribution in [0.1, 0.15) is 45.5 Å². The molecule has 0 unspecified atom stereocenters. The van der Waals surface area contributed by atoms with Crippen LogP contribution in [0, 0.1) is 0 Å². The zero-order chi connectivity index (χ0) is 11.8. The summed E-state index contributed by atoms with van der Waals surface area (Å²) in [6, 6.07) is 6.52. The van der Waals surface area contributed by atoms with Gasteiger partial charge in [-0.05, 0) is 24.1 Å². The Hall–Kier alpha value is -1.31. The van der Waals surface area contributed by atoms with Gasteiger partial charge in [-0.15, -0.1) is 0 Å². The lowest BCUT2D eigenvalue weighted by Crippen LogP contribution is -2.12. The van der Waals surface area contributed by atoms with Crippen molar-refractivity contribution in [2.75, 3.05) is 0 Å². The number of imidazole rings is 1. The number of hydrogen-bond acceptors (Lipinski definition) is 1. The average molecular weight is 216 g/mol. The molecule has 0 fully saturated rings. The second kappa shape index (κ2) is 3.93. The van der Waals surface area contributed by atoms with Crippen LogP contribution < -0.4 is 0 Å². The summed E-state index contributed by atoms with van der Waals surface area (Å²) in [6.45, 7) is 8.74. The van der Waals surface area contributed by atoms with Gasteiger partial charge in [-0.1, -0.05) is 40.2 Å². The van der Waals surface area contributed by atoms with E-state index in [9.17, 15) is 0 Å². The maximum absolute atomic E-state index is 4.63. The van der Waals surface area contributed by atoms with Crippen LogP contribution >= 0.6 is 0 Å². The lowest BCUT2D eigenvalue weighted by Gasteiger charge is -2.13. The number of nitrogens with one attached hydrogen (secondary N) is 1. The number of H-pyrrole nitrogens is 1. The van der Waals surface area contributed by atoms with E-state index in [1.54, 1.807) is 0 Å². The van der Waals surface area contributed by atoms with Crippen LogP contribution in [-0.4, -0.2) is 9.97 Å². The first-order valence-electron chi connectivity index (χ1n) is 6.00. The predicted octanol–water partition coefficient (Wildman–Crippen LogP) is 3.81. The first kappa shape index (κ1) is 11.2. The fraction of sp³-hybridized carbons (Fsp3) is 0.500. The van der Waals surface area contributed by atoms with Crippen molar-refractivity contribution in [3.05, 3.63) is 29.6 Å². The molecule has 0 saturated carbocycles. The van der Waals surface area contributed by atoms with Gasteiger partial charge in [-0.2, -0.15) is 0 Å². The first-order chi connectivity index (χ1) is 7.50. The maximum Gasteiger partial charge on any atom is 0.112 e. The highest BCUT2D eigenvalue weighted by Crippen LogP contribution is 2.23. The van der Waals surface area contributed by atoms with E-state index in [2.05, 4.69) is 55.9 Å². The van der Waals surface area contributed by atoms with Gasteiger partial charge in [-0.25, -0.2) is 4.98 Å². The number of aromatic nitrogens is 2. The number of hydrogen-bond donors (Lipinski definition) is 1. The highest BCUT2D eigenvalue weighted by Gasteiger charge is 2.17. The minimum atomic E-state index is 0.0872. The van der Waals surface area contributed by atoms with Crippen LogP contribution in [0.3, 0.4) is 0 Å². The third-order valence-electron chi connectivity index (χ3n) is 2.80. The molecule has 1 heterocycles. The molecular formula is C14H20N2. The summed E-state index contributed by atoms with van der Waals surface area (Å²) in [6.07, 6.45) is 2.32. The van der Waals surface area contributed by atoms with Gasteiger partial charge in [0, 0.05) is 5.41 Å². The fourth-order valence-electron chi connectivity index (χ4n) is 1.86. The molecule has 2 nitrogen and oxygen atoms in total. The van der Waals surface area contributed by atoms with E-state index < -0.39 is 0 Å². The number of fused-ring (bicyclic) bond motifs is 1. The van der Waals surface area contributed by atoms with Crippen LogP contribution in [0.25, 0.3) is 11.0 Å². The molecule has 2 rings (SSSR count). The minimum Gasteiger partial charge on any atom is -0.342 e. The molecule has 0 atom stereocenters. The molecule has 0 aliphatic rings. The Kier molecular flexibility index (Phi) is 2.75. The van der Waals surface area contributed by atoms with Crippen LogP contribution in [0.15, 0.2) is 18.2 Å². The summed E-state index contributed by atoms with van der Waals surface area (Å²) in [5, 5.41) is 0. The van der Waals surface area contributed by atoms with E-state index in [4.69, 9.17) is 0 Å². The molecule has 0 saturated heterocycles. The summed E-state index contributed by atoms with van der Waals surface area (Å²) in [5.74, 6) is 1.07. The van der Waals surface area contributed by atoms with Gasteiger partial charge in [0.15, 0.2) is 0 Å². The van der Waals surface area contributed by atoms with Gasteiger partial charge in [0.05, 0.1) is 11.0 Å². The van der Waals surface area contributed by atoms with Crippen LogP contribution in [-0.2, 0) is 11.8 Å². The summed E-state index contributed by atoms with van der Waals surface area (Å²) in [5.41, 5.74) is 3.71. The summed E-state index contributed by atoms with van der Waals surface area (Å²) in [4.78, 5) is 8.05. The molecule has 86 valence electrons. The Morgan fingerprint density at radius 2 is 2.00 bits per heavy atom. The van der Waals surface area contributed by atoms with Gasteiger partial charge in [-0.3, -0.25) is 0 Å². The number of aromatic amines is 1. The third-order valence-corrected chi connectivity index (χ3v) is 2.80. The Morgan fingerprint density at radius 1 is 1.25 bits per heavy atom. The fourth-order valence-corrected chi connectivity index (χ4v) is 1.86. The van der Waals surface area contributed by atoms with Gasteiger partial charge in [0.2, 0.25) is 0 Å². The molecule has 1 aromatic heterocycles. The largest absolute Gasteiger partial charge is 0.342 e. The highest BCUT2D eigenvalue weighted by molar-refractivity contribution is 5.76. The number of benzene rings is 1. The molecule has 2 aromatic rings. The zero-order valence-corrected chi connectivity index (χ0v) is 10.6. The van der Waals surface area contributed by atoms with Crippen molar-refractivity contribution in [3.8, 4) is 0 Å². The SMILES string of the molecule is CCCc1ccc2nc(C(C)(C)C)[nH]c2c1. The van der Waals surface area contributed by atoms with Crippen molar-refractivity contribution in [3.63, 3.8) is 0 Å². The van der Waals surface area contributed by atoms with E-state index in [1.165, 1.54) is 12.0 Å². The topological polar surface area (TPSA) is 28.7 Å². The van der Waals surface area contributed by atoms with Crippen molar-refractivity contribution >= 4 is 11.0 Å². The maximum atomic E-state index is 4.63. The molecule has 0 amide bonds. The van der Waals surface area contributed by atoms with Gasteiger partial charge >= 0.3 is 0 Å². The monoisotopic (exact) mass is 216 g/mol. The summed E-state index contributed by atoms with van der Waals surface area (Å²) < 4.78 is 0. The number of nitrogens with zero attached hydrogens (tertiary/aromatic N) is 1. The normalized spacial score (nSPS) is 12.2. The van der Waals surface area contributed by atoms with Crippen molar-refractivity contribution in [1.29, 1.82) is 0 Å². The Morgan fingerprint density at radius 3 is 2.62 bits per heavy atom. The molecule has 1 N–H and O–H groups in total. The molecule has 0 bridgehead atoms. The van der Waals surface area contributed by atoms with Gasteiger partial charge < -0.3 is 4.98 Å². The molecular weight excluding hydrogens is 196 g/mol. The summed E-state index contributed by atoms with van der Waals surface area (Å²) in [7, 11) is 0. The van der Waals surface area contributed by atoms with Gasteiger partial charge in [0.25, 0.3) is 0 Å². The van der Waals surface area contributed by atoms with E-state index in [-0.39, 0.29) is 5.41 Å². The average Bonchev–Trinajstić information content (AvgIpc) is 2.60. The van der Waals surface area contributed by atoms with Crippen molar-refractivity contribution in [1.82, 2.24) is 9.97 Å². The predicted molar refractivity (Wildman–Crippen MR) is 68.8 cm³/mol. The van der Waals surface area contributed by atoms with Gasteiger partial charge in [0.1, 0.15) is 5.82 Å². The molecule has 16 heavy (non-hydrogen) atoms. The molecule has 0 radical (unpaired) electrons. The van der Waals surface area contributed by atoms with E-state index in [0.29, 0.717) is 0 Å². The Labute approximate surface area is 97.1 Å². The lowest BCUT2D eigenvalue weighted by molar-refractivity contribution is 0.554. The minimum absolute atomic E-state index is 0.0872. The highest BCUT2D eigenvalue weighted by atomic mass is 14.9. The van der Waals surface area contributed by atoms with E-state index >= 15 is 0 Å². The summed E-state index contributed by atoms with van der Waals surface area (Å²) >= 11 is 0. The van der Waals surface area contributed by atoms with Crippen LogP contribution in [0.4, 0.5) is 0 Å². The smallest absolute Gasteiger partial charge is 0.112 e. The van der Waals surface area contributed by atoms with Crippen LogP contribution in [0.5, 0.6) is 0 Å². The molecule has 2 heteroatoms. The second-order valence-corrected chi connectivity index (χ2v) is 5.44. The Balaban J connectivity index is 2.46.